The second kappa shape index (κ2) is 11.1. The molecule has 9 rings (SSSR count). The van der Waals surface area contributed by atoms with Gasteiger partial charge in [0.25, 0.3) is 0 Å². The minimum Gasteiger partial charge on any atom is -0.358 e. The number of amides is 1. The van der Waals surface area contributed by atoms with E-state index in [4.69, 9.17) is 0 Å². The van der Waals surface area contributed by atoms with Crippen molar-refractivity contribution in [1.82, 2.24) is 25.3 Å². The normalized spacial score (nSPS) is 35.7. The maximum Gasteiger partial charge on any atom is 0.227 e. The van der Waals surface area contributed by atoms with Gasteiger partial charge in [-0.3, -0.25) is 4.79 Å². The predicted octanol–water partition coefficient (Wildman–Crippen LogP) is 10.0. The highest BCUT2D eigenvalue weighted by Crippen LogP contribution is 2.75. The van der Waals surface area contributed by atoms with E-state index in [1.54, 1.807) is 28.0 Å². The van der Waals surface area contributed by atoms with E-state index in [0.717, 1.165) is 50.6 Å². The van der Waals surface area contributed by atoms with Gasteiger partial charge in [-0.25, -0.2) is 9.07 Å². The van der Waals surface area contributed by atoms with Gasteiger partial charge in [0.1, 0.15) is 11.5 Å². The quantitative estimate of drug-likeness (QED) is 0.208. The topological polar surface area (TPSA) is 75.6 Å². The lowest BCUT2D eigenvalue weighted by atomic mass is 9.33. The van der Waals surface area contributed by atoms with Gasteiger partial charge < -0.3 is 10.3 Å². The number of hydrogen-bond donors (Lipinski definition) is 2. The van der Waals surface area contributed by atoms with E-state index in [2.05, 4.69) is 99.4 Å². The van der Waals surface area contributed by atoms with Crippen LogP contribution in [0.3, 0.4) is 0 Å². The molecule has 274 valence electrons. The molecule has 2 aromatic carbocycles. The van der Waals surface area contributed by atoms with E-state index >= 15 is 0 Å². The van der Waals surface area contributed by atoms with Crippen LogP contribution in [-0.4, -0.2) is 25.9 Å². The molecule has 0 unspecified atom stereocenters. The summed E-state index contributed by atoms with van der Waals surface area (Å²) >= 11 is 0. The number of benzene rings is 2. The monoisotopic (exact) mass is 701 g/mol. The lowest BCUT2D eigenvalue weighted by Gasteiger charge is -2.70. The SMILES string of the molecule is CC1(C)CC[C@]2(C(=O)NCc3cn(-c4ccc(F)cc4)nn3)CC[C@]3(C)C(=CC[C@@H]4[C@@]5(C)Cc6c([nH]c7ccccc67)C(C)(C)[C@@H]5CC[C@]43C)[C@@H]2C1. The first-order valence-electron chi connectivity index (χ1n) is 19.9. The van der Waals surface area contributed by atoms with Crippen molar-refractivity contribution in [1.29, 1.82) is 0 Å². The Morgan fingerprint density at radius 3 is 2.48 bits per heavy atom. The number of allylic oxidation sites excluding steroid dienone is 2. The molecule has 0 spiro atoms. The minimum absolute atomic E-state index is 0.0499. The fourth-order valence-corrected chi connectivity index (χ4v) is 13.4. The number of nitrogens with one attached hydrogen (secondary N) is 2. The Morgan fingerprint density at radius 1 is 0.942 bits per heavy atom. The van der Waals surface area contributed by atoms with Crippen molar-refractivity contribution in [2.45, 2.75) is 118 Å². The number of fused-ring (bicyclic) bond motifs is 10. The van der Waals surface area contributed by atoms with Crippen molar-refractivity contribution in [3.63, 3.8) is 0 Å². The number of aromatic amines is 1. The van der Waals surface area contributed by atoms with Crippen LogP contribution in [0.1, 0.15) is 117 Å². The lowest BCUT2D eigenvalue weighted by molar-refractivity contribution is -0.167. The maximum atomic E-state index is 14.7. The number of carbonyl (C=O) groups excluding carboxylic acids is 1. The standard InChI is InChI=1S/C45H56FN5O/c1-40(2)20-22-45(39(52)47-26-29-27-51(50-49-29)30-14-12-28(46)13-15-30)23-21-43(6)33(34(45)25-40)16-17-37-42(5)24-32-31-10-8-9-11-35(31)48-38(32)41(3,4)36(42)18-19-44(37,43)7/h8-16,27,34,36-37,48H,17-26H2,1-7H3,(H,47,52)/t34-,36-,37+,42-,43+,44+,45-/m0/s1. The summed E-state index contributed by atoms with van der Waals surface area (Å²) in [5.41, 5.74) is 7.57. The highest BCUT2D eigenvalue weighted by molar-refractivity contribution is 5.86. The number of halogens is 1. The summed E-state index contributed by atoms with van der Waals surface area (Å²) in [5.74, 6) is 1.31. The number of H-pyrrole nitrogens is 1. The van der Waals surface area contributed by atoms with Crippen LogP contribution < -0.4 is 5.32 Å². The Hall–Kier alpha value is -3.74. The molecule has 0 saturated heterocycles. The van der Waals surface area contributed by atoms with E-state index in [9.17, 15) is 9.18 Å². The molecule has 7 heteroatoms. The molecule has 4 aromatic rings. The fourth-order valence-electron chi connectivity index (χ4n) is 13.4. The first-order chi connectivity index (χ1) is 24.6. The Kier molecular flexibility index (Phi) is 7.30. The molecule has 52 heavy (non-hydrogen) atoms. The van der Waals surface area contributed by atoms with Crippen LogP contribution >= 0.6 is 0 Å². The molecule has 3 saturated carbocycles. The molecule has 2 heterocycles. The van der Waals surface area contributed by atoms with Crippen molar-refractivity contribution in [3.05, 3.63) is 89.1 Å². The molecule has 2 N–H and O–H groups in total. The number of aromatic nitrogens is 4. The Bertz CT molecular complexity index is 2110. The van der Waals surface area contributed by atoms with Gasteiger partial charge >= 0.3 is 0 Å². The van der Waals surface area contributed by atoms with E-state index in [0.29, 0.717) is 24.1 Å². The van der Waals surface area contributed by atoms with Gasteiger partial charge in [0, 0.05) is 22.0 Å². The molecule has 7 atom stereocenters. The van der Waals surface area contributed by atoms with Crippen molar-refractivity contribution in [2.75, 3.05) is 0 Å². The summed E-state index contributed by atoms with van der Waals surface area (Å²) in [7, 11) is 0. The minimum atomic E-state index is -0.413. The molecule has 5 aliphatic rings. The van der Waals surface area contributed by atoms with Gasteiger partial charge in [-0.2, -0.15) is 0 Å². The summed E-state index contributed by atoms with van der Waals surface area (Å²) in [6, 6.07) is 15.2. The molecular formula is C45H56FN5O. The smallest absolute Gasteiger partial charge is 0.227 e. The molecule has 0 bridgehead atoms. The van der Waals surface area contributed by atoms with Gasteiger partial charge in [-0.1, -0.05) is 83.5 Å². The van der Waals surface area contributed by atoms with Crippen molar-refractivity contribution >= 4 is 16.8 Å². The zero-order valence-electron chi connectivity index (χ0n) is 32.2. The average Bonchev–Trinajstić information content (AvgIpc) is 3.73. The summed E-state index contributed by atoms with van der Waals surface area (Å²) in [6.45, 7) is 18.1. The van der Waals surface area contributed by atoms with Crippen LogP contribution in [0.15, 0.2) is 66.4 Å². The van der Waals surface area contributed by atoms with Crippen molar-refractivity contribution in [2.24, 2.45) is 44.8 Å². The molecule has 2 aromatic heterocycles. The number of nitrogens with zero attached hydrogens (tertiary/aromatic N) is 3. The van der Waals surface area contributed by atoms with Crippen LogP contribution in [0, 0.1) is 50.6 Å². The molecule has 0 radical (unpaired) electrons. The Morgan fingerprint density at radius 2 is 1.69 bits per heavy atom. The molecule has 6 nitrogen and oxygen atoms in total. The van der Waals surface area contributed by atoms with Gasteiger partial charge in [-0.05, 0) is 133 Å². The number of rotatable bonds is 4. The molecule has 5 aliphatic carbocycles. The fraction of sp³-hybridized carbons (Fsp3) is 0.578. The van der Waals surface area contributed by atoms with E-state index in [1.165, 1.54) is 41.6 Å². The van der Waals surface area contributed by atoms with Crippen LogP contribution in [0.5, 0.6) is 0 Å². The molecule has 0 aliphatic heterocycles. The van der Waals surface area contributed by atoms with Crippen LogP contribution in [0.25, 0.3) is 16.6 Å². The highest BCUT2D eigenvalue weighted by Gasteiger charge is 2.69. The molecule has 3 fully saturated rings. The predicted molar refractivity (Wildman–Crippen MR) is 204 cm³/mol. The van der Waals surface area contributed by atoms with E-state index < -0.39 is 5.41 Å². The van der Waals surface area contributed by atoms with E-state index in [1.807, 2.05) is 6.20 Å². The molecule has 1 amide bonds. The van der Waals surface area contributed by atoms with E-state index in [-0.39, 0.29) is 44.7 Å². The van der Waals surface area contributed by atoms with Crippen molar-refractivity contribution in [3.8, 4) is 5.69 Å². The number of para-hydroxylation sites is 1. The summed E-state index contributed by atoms with van der Waals surface area (Å²) in [5, 5.41) is 13.4. The van der Waals surface area contributed by atoms with Gasteiger partial charge in [-0.15, -0.1) is 5.10 Å². The van der Waals surface area contributed by atoms with Gasteiger partial charge in [0.05, 0.1) is 23.8 Å². The Labute approximate surface area is 308 Å². The van der Waals surface area contributed by atoms with Gasteiger partial charge in [0.2, 0.25) is 5.91 Å². The van der Waals surface area contributed by atoms with Crippen LogP contribution in [0.4, 0.5) is 4.39 Å². The first-order valence-corrected chi connectivity index (χ1v) is 19.9. The number of hydrogen-bond acceptors (Lipinski definition) is 3. The second-order valence-electron chi connectivity index (χ2n) is 19.6. The summed E-state index contributed by atoms with van der Waals surface area (Å²) < 4.78 is 15.1. The number of carbonyl (C=O) groups is 1. The van der Waals surface area contributed by atoms with Gasteiger partial charge in [0.15, 0.2) is 0 Å². The van der Waals surface area contributed by atoms with Crippen molar-refractivity contribution < 1.29 is 9.18 Å². The van der Waals surface area contributed by atoms with Crippen LogP contribution in [0.2, 0.25) is 0 Å². The summed E-state index contributed by atoms with van der Waals surface area (Å²) in [4.78, 5) is 18.6. The third kappa shape index (κ3) is 4.62. The second-order valence-corrected chi connectivity index (χ2v) is 19.6. The third-order valence-corrected chi connectivity index (χ3v) is 16.3. The average molecular weight is 702 g/mol. The zero-order chi connectivity index (χ0) is 36.5. The largest absolute Gasteiger partial charge is 0.358 e. The Balaban J connectivity index is 1.04. The highest BCUT2D eigenvalue weighted by atomic mass is 19.1. The lowest BCUT2D eigenvalue weighted by Crippen LogP contribution is -2.65. The van der Waals surface area contributed by atoms with Crippen LogP contribution in [-0.2, 0) is 23.2 Å². The summed E-state index contributed by atoms with van der Waals surface area (Å²) in [6.07, 6.45) is 14.2. The first kappa shape index (κ1) is 34.1. The zero-order valence-corrected chi connectivity index (χ0v) is 32.2. The molecular weight excluding hydrogens is 646 g/mol. The third-order valence-electron chi connectivity index (χ3n) is 16.3. The maximum absolute atomic E-state index is 14.7.